The van der Waals surface area contributed by atoms with Gasteiger partial charge in [-0.2, -0.15) is 0 Å². The summed E-state index contributed by atoms with van der Waals surface area (Å²) in [7, 11) is 0. The minimum atomic E-state index is -0.366. The molecule has 1 N–H and O–H groups in total. The number of hydrogen-bond donors (Lipinski definition) is 1. The molecule has 0 aromatic carbocycles. The number of ether oxygens (including phenoxy) is 1. The molecular formula is C23H36O3. The number of hydrogen-bond acceptors (Lipinski definition) is 3. The smallest absolute Gasteiger partial charge is 0.137 e. The molecule has 0 saturated heterocycles. The molecule has 3 nitrogen and oxygen atoms in total. The van der Waals surface area contributed by atoms with E-state index in [2.05, 4.69) is 26.8 Å². The van der Waals surface area contributed by atoms with Gasteiger partial charge in [0.05, 0.1) is 12.2 Å². The van der Waals surface area contributed by atoms with Crippen LogP contribution >= 0.6 is 0 Å². The van der Waals surface area contributed by atoms with Crippen molar-refractivity contribution in [3.05, 3.63) is 11.6 Å². The van der Waals surface area contributed by atoms with Crippen LogP contribution in [0.2, 0.25) is 0 Å². The summed E-state index contributed by atoms with van der Waals surface area (Å²) in [6.45, 7) is 9.48. The van der Waals surface area contributed by atoms with Crippen molar-refractivity contribution in [2.75, 3.05) is 6.61 Å². The van der Waals surface area contributed by atoms with Crippen molar-refractivity contribution < 1.29 is 14.6 Å². The van der Waals surface area contributed by atoms with Gasteiger partial charge in [0.15, 0.2) is 0 Å². The lowest BCUT2D eigenvalue weighted by atomic mass is 9.44. The Morgan fingerprint density at radius 2 is 2.04 bits per heavy atom. The highest BCUT2D eigenvalue weighted by Crippen LogP contribution is 2.66. The van der Waals surface area contributed by atoms with E-state index in [0.717, 1.165) is 19.3 Å². The fraction of sp³-hybridized carbons (Fsp3) is 0.870. The van der Waals surface area contributed by atoms with E-state index < -0.39 is 0 Å². The summed E-state index contributed by atoms with van der Waals surface area (Å²) >= 11 is 0. The third-order valence-electron chi connectivity index (χ3n) is 8.93. The normalized spacial score (nSPS) is 52.5. The molecule has 0 aromatic heterocycles. The van der Waals surface area contributed by atoms with Crippen LogP contribution in [0.4, 0.5) is 0 Å². The first-order chi connectivity index (χ1) is 12.3. The van der Waals surface area contributed by atoms with Crippen LogP contribution in [0, 0.1) is 34.5 Å². The topological polar surface area (TPSA) is 46.5 Å². The van der Waals surface area contributed by atoms with Gasteiger partial charge in [-0.3, -0.25) is 4.79 Å². The number of carbonyl (C=O) groups is 1. The predicted molar refractivity (Wildman–Crippen MR) is 103 cm³/mol. The van der Waals surface area contributed by atoms with Crippen LogP contribution in [-0.4, -0.2) is 29.7 Å². The molecule has 146 valence electrons. The monoisotopic (exact) mass is 360 g/mol. The van der Waals surface area contributed by atoms with Gasteiger partial charge < -0.3 is 9.84 Å². The molecule has 0 bridgehead atoms. The van der Waals surface area contributed by atoms with Crippen molar-refractivity contribution in [1.82, 2.24) is 0 Å². The number of aliphatic hydroxyl groups excluding tert-OH is 1. The summed E-state index contributed by atoms with van der Waals surface area (Å²) in [6, 6.07) is 0. The Morgan fingerprint density at radius 1 is 1.27 bits per heavy atom. The first kappa shape index (κ1) is 18.7. The van der Waals surface area contributed by atoms with E-state index in [4.69, 9.17) is 4.74 Å². The predicted octanol–water partition coefficient (Wildman–Crippen LogP) is 4.53. The molecule has 0 radical (unpaired) electrons. The molecule has 8 atom stereocenters. The maximum atomic E-state index is 13.5. The van der Waals surface area contributed by atoms with Gasteiger partial charge in [-0.25, -0.2) is 0 Å². The molecule has 4 rings (SSSR count). The number of rotatable bonds is 2. The molecule has 0 heterocycles. The highest BCUT2D eigenvalue weighted by molar-refractivity contribution is 5.85. The Hall–Kier alpha value is -0.670. The Morgan fingerprint density at radius 3 is 2.73 bits per heavy atom. The lowest BCUT2D eigenvalue weighted by Crippen LogP contribution is -2.59. The van der Waals surface area contributed by atoms with Gasteiger partial charge >= 0.3 is 0 Å². The Bertz CT molecular complexity index is 611. The number of fused-ring (bicyclic) bond motifs is 5. The van der Waals surface area contributed by atoms with E-state index >= 15 is 0 Å². The van der Waals surface area contributed by atoms with Gasteiger partial charge in [-0.15, -0.1) is 0 Å². The second-order valence-electron chi connectivity index (χ2n) is 9.94. The van der Waals surface area contributed by atoms with E-state index in [1.165, 1.54) is 31.3 Å². The van der Waals surface area contributed by atoms with E-state index in [1.54, 1.807) is 0 Å². The largest absolute Gasteiger partial charge is 0.390 e. The third-order valence-corrected chi connectivity index (χ3v) is 8.93. The lowest BCUT2D eigenvalue weighted by Gasteiger charge is -2.60. The molecule has 4 aliphatic carbocycles. The molecule has 0 aliphatic heterocycles. The Balaban J connectivity index is 1.68. The van der Waals surface area contributed by atoms with Gasteiger partial charge in [0, 0.05) is 18.9 Å². The van der Waals surface area contributed by atoms with Crippen LogP contribution in [0.15, 0.2) is 11.6 Å². The molecule has 4 aliphatic rings. The maximum absolute atomic E-state index is 13.5. The van der Waals surface area contributed by atoms with Crippen molar-refractivity contribution in [2.45, 2.75) is 84.8 Å². The van der Waals surface area contributed by atoms with E-state index in [0.29, 0.717) is 30.1 Å². The fourth-order valence-corrected chi connectivity index (χ4v) is 7.78. The van der Waals surface area contributed by atoms with Crippen molar-refractivity contribution >= 4 is 5.78 Å². The van der Waals surface area contributed by atoms with Crippen LogP contribution in [-0.2, 0) is 9.53 Å². The molecule has 4 fully saturated rings. The van der Waals surface area contributed by atoms with Crippen LogP contribution in [0.3, 0.4) is 0 Å². The molecule has 4 saturated carbocycles. The van der Waals surface area contributed by atoms with Crippen molar-refractivity contribution in [2.24, 2.45) is 34.5 Å². The van der Waals surface area contributed by atoms with Crippen LogP contribution < -0.4 is 0 Å². The molecule has 3 heteroatoms. The van der Waals surface area contributed by atoms with Gasteiger partial charge in [0.2, 0.25) is 0 Å². The minimum Gasteiger partial charge on any atom is -0.390 e. The Labute approximate surface area is 158 Å². The molecular weight excluding hydrogens is 324 g/mol. The van der Waals surface area contributed by atoms with Gasteiger partial charge in [0.1, 0.15) is 5.78 Å². The summed E-state index contributed by atoms with van der Waals surface area (Å²) in [5.74, 6) is 2.32. The number of allylic oxidation sites excluding steroid dienone is 2. The first-order valence-corrected chi connectivity index (χ1v) is 10.8. The maximum Gasteiger partial charge on any atom is 0.137 e. The number of carbonyl (C=O) groups excluding carboxylic acids is 1. The highest BCUT2D eigenvalue weighted by Gasteiger charge is 2.63. The lowest BCUT2D eigenvalue weighted by molar-refractivity contribution is -0.175. The highest BCUT2D eigenvalue weighted by atomic mass is 16.5. The van der Waals surface area contributed by atoms with Crippen molar-refractivity contribution in [3.63, 3.8) is 0 Å². The summed E-state index contributed by atoms with van der Waals surface area (Å²) in [5, 5.41) is 10.6. The van der Waals surface area contributed by atoms with E-state index in [9.17, 15) is 9.90 Å². The van der Waals surface area contributed by atoms with Crippen LogP contribution in [0.1, 0.15) is 72.6 Å². The summed E-state index contributed by atoms with van der Waals surface area (Å²) in [6.07, 6.45) is 8.95. The summed E-state index contributed by atoms with van der Waals surface area (Å²) < 4.78 is 5.89. The molecule has 0 unspecified atom stereocenters. The minimum absolute atomic E-state index is 0.000914. The van der Waals surface area contributed by atoms with Crippen molar-refractivity contribution in [3.8, 4) is 0 Å². The molecule has 0 aromatic rings. The number of Topliss-reactive ketones (excluding diaryl/α,β-unsaturated/α-hetero) is 1. The third kappa shape index (κ3) is 2.49. The molecule has 0 amide bonds. The van der Waals surface area contributed by atoms with Crippen LogP contribution in [0.5, 0.6) is 0 Å². The number of aliphatic hydroxyl groups is 1. The second-order valence-corrected chi connectivity index (χ2v) is 9.94. The summed E-state index contributed by atoms with van der Waals surface area (Å²) in [5.41, 5.74) is 1.62. The van der Waals surface area contributed by atoms with E-state index in [-0.39, 0.29) is 29.0 Å². The molecule has 26 heavy (non-hydrogen) atoms. The number of ketones is 1. The SMILES string of the molecule is C/C=C1/CC[C@H]2[C@@H]3CC[C@H]4C[C@H](O)[C@@H](OCC)C[C@]4(C)[C@H]3C(=O)C[C@]12C. The van der Waals surface area contributed by atoms with E-state index in [1.807, 2.05) is 6.92 Å². The fourth-order valence-electron chi connectivity index (χ4n) is 7.78. The van der Waals surface area contributed by atoms with Crippen LogP contribution in [0.25, 0.3) is 0 Å². The average molecular weight is 361 g/mol. The zero-order chi connectivity index (χ0) is 18.7. The van der Waals surface area contributed by atoms with Crippen molar-refractivity contribution in [1.29, 1.82) is 0 Å². The standard InChI is InChI=1S/C23H36O3/c1-5-14-8-10-17-16-9-7-15-11-18(24)20(26-6-2)13-23(15,4)21(16)19(25)12-22(14,17)3/h5,15-18,20-21,24H,6-13H2,1-4H3/b14-5-/t15-,16-,17-,18-,20-,21+,22+,23-/m0/s1. The summed E-state index contributed by atoms with van der Waals surface area (Å²) in [4.78, 5) is 13.5. The van der Waals surface area contributed by atoms with Gasteiger partial charge in [-0.1, -0.05) is 25.5 Å². The van der Waals surface area contributed by atoms with Gasteiger partial charge in [0.25, 0.3) is 0 Å². The Kier molecular flexibility index (Phi) is 4.63. The average Bonchev–Trinajstić information content (AvgIpc) is 2.91. The zero-order valence-electron chi connectivity index (χ0n) is 17.0. The second kappa shape index (κ2) is 6.44. The van der Waals surface area contributed by atoms with Gasteiger partial charge in [-0.05, 0) is 81.0 Å². The quantitative estimate of drug-likeness (QED) is 0.736. The molecule has 0 spiro atoms. The zero-order valence-corrected chi connectivity index (χ0v) is 17.0. The first-order valence-electron chi connectivity index (χ1n) is 10.8.